The number of esters is 3. The fraction of sp³-hybridized carbons (Fsp3) is 0.783. The lowest BCUT2D eigenvalue weighted by atomic mass is 10.0. The second kappa shape index (κ2) is 63.4. The van der Waals surface area contributed by atoms with Crippen LogP contribution >= 0.6 is 0 Å². The summed E-state index contributed by atoms with van der Waals surface area (Å²) in [5, 5.41) is 0. The molecular formula is C69H122O6. The van der Waals surface area contributed by atoms with Crippen LogP contribution in [-0.4, -0.2) is 37.2 Å². The molecule has 0 saturated carbocycles. The number of ether oxygens (including phenoxy) is 3. The van der Waals surface area contributed by atoms with Crippen LogP contribution in [0.3, 0.4) is 0 Å². The Morgan fingerprint density at radius 2 is 0.547 bits per heavy atom. The van der Waals surface area contributed by atoms with E-state index in [4.69, 9.17) is 14.2 Å². The van der Waals surface area contributed by atoms with Crippen LogP contribution in [0.2, 0.25) is 0 Å². The Kier molecular flexibility index (Phi) is 60.7. The molecule has 0 rings (SSSR count). The van der Waals surface area contributed by atoms with E-state index < -0.39 is 6.10 Å². The lowest BCUT2D eigenvalue weighted by Crippen LogP contribution is -2.30. The summed E-state index contributed by atoms with van der Waals surface area (Å²) in [6, 6.07) is 0. The summed E-state index contributed by atoms with van der Waals surface area (Å²) in [5.41, 5.74) is 0. The minimum absolute atomic E-state index is 0.0746. The Labute approximate surface area is 465 Å². The molecule has 434 valence electrons. The van der Waals surface area contributed by atoms with E-state index in [0.29, 0.717) is 19.3 Å². The van der Waals surface area contributed by atoms with Crippen LogP contribution in [0.4, 0.5) is 0 Å². The van der Waals surface area contributed by atoms with E-state index in [1.165, 1.54) is 186 Å². The van der Waals surface area contributed by atoms with Crippen molar-refractivity contribution < 1.29 is 28.6 Å². The lowest BCUT2D eigenvalue weighted by molar-refractivity contribution is -0.167. The maximum absolute atomic E-state index is 12.9. The molecule has 0 spiro atoms. The van der Waals surface area contributed by atoms with Crippen LogP contribution in [0.5, 0.6) is 0 Å². The first-order valence-electron chi connectivity index (χ1n) is 32.4. The van der Waals surface area contributed by atoms with Gasteiger partial charge >= 0.3 is 17.9 Å². The predicted molar refractivity (Wildman–Crippen MR) is 325 cm³/mol. The van der Waals surface area contributed by atoms with E-state index in [1.807, 2.05) is 0 Å². The third-order valence-electron chi connectivity index (χ3n) is 14.2. The second-order valence-electron chi connectivity index (χ2n) is 21.6. The summed E-state index contributed by atoms with van der Waals surface area (Å²) in [4.78, 5) is 38.2. The quantitative estimate of drug-likeness (QED) is 0.0261. The van der Waals surface area contributed by atoms with Crippen molar-refractivity contribution in [2.24, 2.45) is 0 Å². The summed E-state index contributed by atoms with van der Waals surface area (Å²) in [6.45, 7) is 6.50. The molecule has 0 aromatic rings. The number of allylic oxidation sites excluding steroid dienone is 12. The first-order chi connectivity index (χ1) is 37.0. The molecule has 0 amide bonds. The molecule has 0 heterocycles. The molecule has 1 unspecified atom stereocenters. The summed E-state index contributed by atoms with van der Waals surface area (Å²) in [6.07, 6.45) is 82.1. The van der Waals surface area contributed by atoms with E-state index in [0.717, 1.165) is 103 Å². The minimum atomic E-state index is -0.776. The molecule has 6 nitrogen and oxygen atoms in total. The van der Waals surface area contributed by atoms with Crippen molar-refractivity contribution in [1.29, 1.82) is 0 Å². The van der Waals surface area contributed by atoms with Crippen molar-refractivity contribution in [2.75, 3.05) is 13.2 Å². The Morgan fingerprint density at radius 3 is 0.880 bits per heavy atom. The molecule has 0 N–H and O–H groups in total. The normalized spacial score (nSPS) is 12.5. The molecule has 0 radical (unpaired) electrons. The second-order valence-corrected chi connectivity index (χ2v) is 21.6. The van der Waals surface area contributed by atoms with Gasteiger partial charge in [-0.1, -0.05) is 299 Å². The van der Waals surface area contributed by atoms with E-state index in [9.17, 15) is 14.4 Å². The molecule has 0 aromatic carbocycles. The minimum Gasteiger partial charge on any atom is -0.462 e. The Hall–Kier alpha value is -3.15. The largest absolute Gasteiger partial charge is 0.462 e. The van der Waals surface area contributed by atoms with E-state index in [-0.39, 0.29) is 31.1 Å². The Bertz CT molecular complexity index is 1390. The SMILES string of the molecule is CC/C=C\C/C=C\C/C=C\C/C=C\C/C=C\CCCCCCCCCCCCCCCC(=O)OCC(COC(=O)CCCCCCC/C=C\CCC)OC(=O)CCCCCCCCCCCCCCCCCCCC. The zero-order chi connectivity index (χ0) is 54.3. The molecule has 0 saturated heterocycles. The van der Waals surface area contributed by atoms with Gasteiger partial charge in [-0.3, -0.25) is 14.4 Å². The zero-order valence-electron chi connectivity index (χ0n) is 49.8. The van der Waals surface area contributed by atoms with Crippen LogP contribution < -0.4 is 0 Å². The fourth-order valence-corrected chi connectivity index (χ4v) is 9.36. The van der Waals surface area contributed by atoms with Crippen molar-refractivity contribution in [1.82, 2.24) is 0 Å². The van der Waals surface area contributed by atoms with Gasteiger partial charge in [0.25, 0.3) is 0 Å². The summed E-state index contributed by atoms with van der Waals surface area (Å²) >= 11 is 0. The van der Waals surface area contributed by atoms with Gasteiger partial charge in [0.15, 0.2) is 6.10 Å². The molecule has 75 heavy (non-hydrogen) atoms. The standard InChI is InChI=1S/C69H122O6/c1-4-7-10-13-16-19-22-24-26-28-30-31-32-33-34-35-36-37-38-39-40-42-43-45-47-50-53-56-59-62-68(71)74-65-66(64-73-67(70)61-58-55-52-49-21-18-15-12-9-6-3)75-69(72)63-60-57-54-51-48-46-44-41-29-27-25-23-20-17-14-11-8-5-2/h7,10,12,15-16,19,24,26,30-31,33-34,66H,4-6,8-9,11,13-14,17-18,20-23,25,27-29,32,35-65H2,1-3H3/b10-7-,15-12-,19-16-,26-24-,31-30-,34-33-. The molecule has 0 fully saturated rings. The van der Waals surface area contributed by atoms with Gasteiger partial charge < -0.3 is 14.2 Å². The summed E-state index contributed by atoms with van der Waals surface area (Å²) in [7, 11) is 0. The molecule has 0 aliphatic heterocycles. The van der Waals surface area contributed by atoms with Crippen LogP contribution in [0.15, 0.2) is 72.9 Å². The third-order valence-corrected chi connectivity index (χ3v) is 14.2. The fourth-order valence-electron chi connectivity index (χ4n) is 9.36. The number of carbonyl (C=O) groups excluding carboxylic acids is 3. The topological polar surface area (TPSA) is 78.9 Å². The average molecular weight is 1050 g/mol. The van der Waals surface area contributed by atoms with Crippen LogP contribution in [0.25, 0.3) is 0 Å². The van der Waals surface area contributed by atoms with Gasteiger partial charge in [-0.2, -0.15) is 0 Å². The van der Waals surface area contributed by atoms with Crippen LogP contribution in [-0.2, 0) is 28.6 Å². The Morgan fingerprint density at radius 1 is 0.280 bits per heavy atom. The first kappa shape index (κ1) is 71.8. The van der Waals surface area contributed by atoms with Gasteiger partial charge in [0, 0.05) is 19.3 Å². The van der Waals surface area contributed by atoms with Gasteiger partial charge in [0.2, 0.25) is 0 Å². The van der Waals surface area contributed by atoms with E-state index in [2.05, 4.69) is 93.7 Å². The zero-order valence-corrected chi connectivity index (χ0v) is 49.8. The van der Waals surface area contributed by atoms with Crippen LogP contribution in [0, 0.1) is 0 Å². The maximum atomic E-state index is 12.9. The Balaban J connectivity index is 4.17. The molecule has 0 aromatic heterocycles. The van der Waals surface area contributed by atoms with Crippen molar-refractivity contribution in [3.63, 3.8) is 0 Å². The highest BCUT2D eigenvalue weighted by molar-refractivity contribution is 5.71. The third kappa shape index (κ3) is 61.6. The van der Waals surface area contributed by atoms with Gasteiger partial charge in [0.05, 0.1) is 0 Å². The van der Waals surface area contributed by atoms with Crippen molar-refractivity contribution >= 4 is 17.9 Å². The maximum Gasteiger partial charge on any atom is 0.306 e. The highest BCUT2D eigenvalue weighted by Gasteiger charge is 2.19. The van der Waals surface area contributed by atoms with E-state index >= 15 is 0 Å². The lowest BCUT2D eigenvalue weighted by Gasteiger charge is -2.18. The van der Waals surface area contributed by atoms with Crippen molar-refractivity contribution in [3.8, 4) is 0 Å². The number of carbonyl (C=O) groups is 3. The van der Waals surface area contributed by atoms with E-state index in [1.54, 1.807) is 0 Å². The number of hydrogen-bond acceptors (Lipinski definition) is 6. The van der Waals surface area contributed by atoms with Crippen molar-refractivity contribution in [2.45, 2.75) is 335 Å². The monoisotopic (exact) mass is 1050 g/mol. The molecular weight excluding hydrogens is 925 g/mol. The number of rotatable bonds is 59. The highest BCUT2D eigenvalue weighted by Crippen LogP contribution is 2.17. The summed E-state index contributed by atoms with van der Waals surface area (Å²) in [5.74, 6) is -0.870. The van der Waals surface area contributed by atoms with Gasteiger partial charge in [-0.15, -0.1) is 0 Å². The van der Waals surface area contributed by atoms with Gasteiger partial charge in [0.1, 0.15) is 13.2 Å². The predicted octanol–water partition coefficient (Wildman–Crippen LogP) is 22.1. The first-order valence-corrected chi connectivity index (χ1v) is 32.4. The number of hydrogen-bond donors (Lipinski definition) is 0. The van der Waals surface area contributed by atoms with Crippen LogP contribution in [0.1, 0.15) is 329 Å². The van der Waals surface area contributed by atoms with Gasteiger partial charge in [-0.05, 0) is 83.5 Å². The van der Waals surface area contributed by atoms with Gasteiger partial charge in [-0.25, -0.2) is 0 Å². The highest BCUT2D eigenvalue weighted by atomic mass is 16.6. The molecule has 0 bridgehead atoms. The molecule has 0 aliphatic carbocycles. The molecule has 0 aliphatic rings. The summed E-state index contributed by atoms with van der Waals surface area (Å²) < 4.78 is 16.9. The molecule has 6 heteroatoms. The van der Waals surface area contributed by atoms with Crippen molar-refractivity contribution in [3.05, 3.63) is 72.9 Å². The smallest absolute Gasteiger partial charge is 0.306 e. The average Bonchev–Trinajstić information content (AvgIpc) is 3.41. The molecule has 1 atom stereocenters. The number of unbranched alkanes of at least 4 members (excludes halogenated alkanes) is 36.